The van der Waals surface area contributed by atoms with Gasteiger partial charge in [-0.2, -0.15) is 18.4 Å². The summed E-state index contributed by atoms with van der Waals surface area (Å²) in [7, 11) is 0. The minimum atomic E-state index is -5.08. The van der Waals surface area contributed by atoms with Crippen molar-refractivity contribution in [1.29, 1.82) is 5.26 Å². The monoisotopic (exact) mass is 233 g/mol. The number of rotatable bonds is 0. The molecule has 0 unspecified atom stereocenters. The van der Waals surface area contributed by atoms with Crippen molar-refractivity contribution in [1.82, 2.24) is 4.98 Å². The molecule has 16 heavy (non-hydrogen) atoms. The first-order chi connectivity index (χ1) is 7.27. The van der Waals surface area contributed by atoms with E-state index in [9.17, 15) is 13.2 Å². The zero-order valence-electron chi connectivity index (χ0n) is 7.69. The van der Waals surface area contributed by atoms with Gasteiger partial charge in [-0.1, -0.05) is 0 Å². The molecule has 0 saturated heterocycles. The summed E-state index contributed by atoms with van der Waals surface area (Å²) >= 11 is 0. The summed E-state index contributed by atoms with van der Waals surface area (Å²) < 4.78 is 31.7. The van der Waals surface area contributed by atoms with Gasteiger partial charge in [-0.05, 0) is 12.1 Å². The normalized spacial score (nSPS) is 9.62. The van der Waals surface area contributed by atoms with Crippen molar-refractivity contribution >= 4 is 11.8 Å². The Kier molecular flexibility index (Phi) is 4.75. The Bertz CT molecular complexity index is 412. The molecule has 8 heteroatoms. The molecule has 0 bridgehead atoms. The van der Waals surface area contributed by atoms with Crippen LogP contribution < -0.4 is 5.73 Å². The first kappa shape index (κ1) is 13.7. The minimum Gasteiger partial charge on any atom is -0.475 e. The third-order valence-electron chi connectivity index (χ3n) is 1.15. The Hall–Kier alpha value is -2.30. The zero-order valence-corrected chi connectivity index (χ0v) is 7.69. The van der Waals surface area contributed by atoms with Gasteiger partial charge in [-0.25, -0.2) is 9.78 Å². The second-order valence-electron chi connectivity index (χ2n) is 2.38. The maximum Gasteiger partial charge on any atom is 0.490 e. The van der Waals surface area contributed by atoms with Gasteiger partial charge in [-0.15, -0.1) is 0 Å². The van der Waals surface area contributed by atoms with E-state index < -0.39 is 12.1 Å². The molecule has 0 aliphatic rings. The molecule has 0 saturated carbocycles. The molecule has 1 aromatic rings. The number of carbonyl (C=O) groups is 1. The number of aromatic nitrogens is 1. The molecule has 0 fully saturated rings. The zero-order chi connectivity index (χ0) is 12.8. The van der Waals surface area contributed by atoms with E-state index in [0.29, 0.717) is 11.4 Å². The Balaban J connectivity index is 0.000000293. The Morgan fingerprint density at radius 2 is 2.06 bits per heavy atom. The van der Waals surface area contributed by atoms with E-state index in [1.54, 1.807) is 6.07 Å². The summed E-state index contributed by atoms with van der Waals surface area (Å²) in [6.45, 7) is 0. The van der Waals surface area contributed by atoms with E-state index in [4.69, 9.17) is 20.9 Å². The quantitative estimate of drug-likeness (QED) is 0.700. The number of carboxylic acids is 1. The van der Waals surface area contributed by atoms with Crippen LogP contribution in [0.1, 0.15) is 5.56 Å². The third-order valence-corrected chi connectivity index (χ3v) is 1.15. The maximum absolute atomic E-state index is 10.6. The second kappa shape index (κ2) is 5.55. The van der Waals surface area contributed by atoms with Crippen LogP contribution >= 0.6 is 0 Å². The van der Waals surface area contributed by atoms with Crippen LogP contribution in [-0.2, 0) is 4.79 Å². The lowest BCUT2D eigenvalue weighted by atomic mass is 10.3. The molecule has 3 N–H and O–H groups in total. The Morgan fingerprint density at radius 1 is 1.56 bits per heavy atom. The fourth-order valence-electron chi connectivity index (χ4n) is 0.518. The number of nitrogen functional groups attached to an aromatic ring is 1. The minimum absolute atomic E-state index is 0.383. The SMILES string of the molecule is N#Cc1ccnc(N)c1.O=C(O)C(F)(F)F. The van der Waals surface area contributed by atoms with Crippen molar-refractivity contribution < 1.29 is 23.1 Å². The third kappa shape index (κ3) is 5.43. The fourth-order valence-corrected chi connectivity index (χ4v) is 0.518. The lowest BCUT2D eigenvalue weighted by Crippen LogP contribution is -2.21. The van der Waals surface area contributed by atoms with Crippen LogP contribution in [0, 0.1) is 11.3 Å². The molecule has 1 heterocycles. The van der Waals surface area contributed by atoms with Gasteiger partial charge < -0.3 is 10.8 Å². The lowest BCUT2D eigenvalue weighted by molar-refractivity contribution is -0.192. The fraction of sp³-hybridized carbons (Fsp3) is 0.125. The summed E-state index contributed by atoms with van der Waals surface area (Å²) in [4.78, 5) is 12.6. The number of hydrogen-bond acceptors (Lipinski definition) is 4. The van der Waals surface area contributed by atoms with Crippen molar-refractivity contribution in [2.75, 3.05) is 5.73 Å². The van der Waals surface area contributed by atoms with Crippen molar-refractivity contribution in [3.63, 3.8) is 0 Å². The van der Waals surface area contributed by atoms with Gasteiger partial charge in [0.25, 0.3) is 0 Å². The van der Waals surface area contributed by atoms with Gasteiger partial charge in [-0.3, -0.25) is 0 Å². The van der Waals surface area contributed by atoms with E-state index in [0.717, 1.165) is 0 Å². The number of nitrogens with two attached hydrogens (primary N) is 1. The molecule has 0 aromatic carbocycles. The lowest BCUT2D eigenvalue weighted by Gasteiger charge is -1.93. The highest BCUT2D eigenvalue weighted by Crippen LogP contribution is 2.13. The number of aliphatic carboxylic acids is 1. The maximum atomic E-state index is 10.6. The number of pyridine rings is 1. The number of alkyl halides is 3. The van der Waals surface area contributed by atoms with E-state index in [2.05, 4.69) is 4.98 Å². The smallest absolute Gasteiger partial charge is 0.475 e. The largest absolute Gasteiger partial charge is 0.490 e. The molecule has 0 aliphatic heterocycles. The molecule has 0 spiro atoms. The van der Waals surface area contributed by atoms with E-state index in [1.165, 1.54) is 12.3 Å². The average molecular weight is 233 g/mol. The average Bonchev–Trinajstić information content (AvgIpc) is 2.17. The molecule has 5 nitrogen and oxygen atoms in total. The van der Waals surface area contributed by atoms with Crippen molar-refractivity contribution in [3.05, 3.63) is 23.9 Å². The highest BCUT2D eigenvalue weighted by atomic mass is 19.4. The van der Waals surface area contributed by atoms with Gasteiger partial charge in [0.1, 0.15) is 5.82 Å². The molecule has 0 radical (unpaired) electrons. The second-order valence-corrected chi connectivity index (χ2v) is 2.38. The summed E-state index contributed by atoms with van der Waals surface area (Å²) in [5.41, 5.74) is 5.82. The van der Waals surface area contributed by atoms with Crippen LogP contribution in [-0.4, -0.2) is 22.2 Å². The van der Waals surface area contributed by atoms with Crippen LogP contribution in [0.2, 0.25) is 0 Å². The predicted octanol–water partition coefficient (Wildman–Crippen LogP) is 1.17. The van der Waals surface area contributed by atoms with Gasteiger partial charge in [0.15, 0.2) is 0 Å². The topological polar surface area (TPSA) is 100 Å². The van der Waals surface area contributed by atoms with Crippen LogP contribution in [0.3, 0.4) is 0 Å². The Labute approximate surface area is 87.9 Å². The van der Waals surface area contributed by atoms with Crippen LogP contribution in [0.5, 0.6) is 0 Å². The molecule has 0 amide bonds. The summed E-state index contributed by atoms with van der Waals surface area (Å²) in [5.74, 6) is -2.37. The first-order valence-electron chi connectivity index (χ1n) is 3.69. The van der Waals surface area contributed by atoms with Crippen LogP contribution in [0.15, 0.2) is 18.3 Å². The Morgan fingerprint density at radius 3 is 2.31 bits per heavy atom. The number of nitrogens with zero attached hydrogens (tertiary/aromatic N) is 2. The van der Waals surface area contributed by atoms with E-state index in [1.807, 2.05) is 6.07 Å². The predicted molar refractivity (Wildman–Crippen MR) is 47.1 cm³/mol. The number of nitriles is 1. The summed E-state index contributed by atoms with van der Waals surface area (Å²) in [6.07, 6.45) is -3.58. The highest BCUT2D eigenvalue weighted by molar-refractivity contribution is 5.73. The van der Waals surface area contributed by atoms with Crippen molar-refractivity contribution in [2.45, 2.75) is 6.18 Å². The van der Waals surface area contributed by atoms with Crippen molar-refractivity contribution in [2.24, 2.45) is 0 Å². The number of carboxylic acid groups (broad SMARTS) is 1. The van der Waals surface area contributed by atoms with Gasteiger partial charge >= 0.3 is 12.1 Å². The number of hydrogen-bond donors (Lipinski definition) is 2. The van der Waals surface area contributed by atoms with Gasteiger partial charge in [0.05, 0.1) is 11.6 Å². The molecule has 0 atom stereocenters. The molecule has 86 valence electrons. The standard InChI is InChI=1S/C6H5N3.C2HF3O2/c7-4-5-1-2-9-6(8)3-5;3-2(4,5)1(6)7/h1-3H,(H2,8,9);(H,6,7). The number of anilines is 1. The molecule has 0 aliphatic carbocycles. The molecular formula is C8H6F3N3O2. The number of halogens is 3. The van der Waals surface area contributed by atoms with Gasteiger partial charge in [0, 0.05) is 6.20 Å². The summed E-state index contributed by atoms with van der Waals surface area (Å²) in [5, 5.41) is 15.5. The first-order valence-corrected chi connectivity index (χ1v) is 3.69. The molecular weight excluding hydrogens is 227 g/mol. The van der Waals surface area contributed by atoms with Crippen LogP contribution in [0.4, 0.5) is 19.0 Å². The van der Waals surface area contributed by atoms with Crippen molar-refractivity contribution in [3.8, 4) is 6.07 Å². The summed E-state index contributed by atoms with van der Waals surface area (Å²) in [6, 6.07) is 5.08. The molecule has 1 aromatic heterocycles. The van der Waals surface area contributed by atoms with E-state index >= 15 is 0 Å². The van der Waals surface area contributed by atoms with Crippen LogP contribution in [0.25, 0.3) is 0 Å². The highest BCUT2D eigenvalue weighted by Gasteiger charge is 2.38. The molecule has 1 rings (SSSR count). The van der Waals surface area contributed by atoms with Gasteiger partial charge in [0.2, 0.25) is 0 Å². The van der Waals surface area contributed by atoms with E-state index in [-0.39, 0.29) is 0 Å².